The molecule has 3 N–H and O–H groups in total. The average molecular weight is 479 g/mol. The van der Waals surface area contributed by atoms with Crippen LogP contribution in [0.2, 0.25) is 0 Å². The number of carboxylic acids is 1. The molecule has 1 aliphatic heterocycles. The van der Waals surface area contributed by atoms with Crippen molar-refractivity contribution in [2.45, 2.75) is 62.1 Å². The van der Waals surface area contributed by atoms with Crippen LogP contribution in [0.15, 0.2) is 48.5 Å². The highest BCUT2D eigenvalue weighted by Crippen LogP contribution is 2.44. The van der Waals surface area contributed by atoms with Gasteiger partial charge in [0, 0.05) is 18.9 Å². The number of carbonyl (C=O) groups is 3. The Balaban J connectivity index is 1.32. The smallest absolute Gasteiger partial charge is 0.408 e. The molecule has 1 saturated carbocycles. The molecule has 2 amide bonds. The number of β-amino-alcohol motifs (C(OH)–C–C–N with tert-alkyl or cyclic N) is 1. The largest absolute Gasteiger partial charge is 0.480 e. The van der Waals surface area contributed by atoms with Crippen molar-refractivity contribution < 1.29 is 29.3 Å². The summed E-state index contributed by atoms with van der Waals surface area (Å²) in [6, 6.07) is 15.0. The molecular weight excluding hydrogens is 448 g/mol. The second-order valence-corrected chi connectivity index (χ2v) is 9.79. The van der Waals surface area contributed by atoms with Crippen LogP contribution >= 0.6 is 0 Å². The number of alkyl carbamates (subject to hydrolysis) is 1. The van der Waals surface area contributed by atoms with E-state index >= 15 is 0 Å². The second kappa shape index (κ2) is 9.34. The lowest BCUT2D eigenvalue weighted by Gasteiger charge is -2.40. The molecule has 3 aliphatic rings. The SMILES string of the molecule is O=C(NC1(C(=O)N2C[C@@H](O)C[C@H]2C(=O)O)CCCCC1)OCC1c2ccccc2-c2ccccc21. The molecule has 1 saturated heterocycles. The molecule has 5 rings (SSSR count). The van der Waals surface area contributed by atoms with Crippen LogP contribution in [-0.2, 0) is 14.3 Å². The number of carbonyl (C=O) groups excluding carboxylic acids is 2. The Hall–Kier alpha value is -3.39. The molecule has 0 unspecified atom stereocenters. The van der Waals surface area contributed by atoms with Crippen LogP contribution < -0.4 is 5.32 Å². The van der Waals surface area contributed by atoms with E-state index in [9.17, 15) is 24.6 Å². The lowest BCUT2D eigenvalue weighted by Crippen LogP contribution is -2.62. The third-order valence-electron chi connectivity index (χ3n) is 7.63. The highest BCUT2D eigenvalue weighted by Gasteiger charge is 2.49. The van der Waals surface area contributed by atoms with E-state index in [1.807, 2.05) is 36.4 Å². The molecule has 8 nitrogen and oxygen atoms in total. The molecule has 0 spiro atoms. The Morgan fingerprint density at radius 2 is 1.57 bits per heavy atom. The number of carboxylic acid groups (broad SMARTS) is 1. The van der Waals surface area contributed by atoms with Gasteiger partial charge in [0.1, 0.15) is 18.2 Å². The van der Waals surface area contributed by atoms with Crippen LogP contribution in [0.25, 0.3) is 11.1 Å². The van der Waals surface area contributed by atoms with Crippen molar-refractivity contribution in [3.05, 3.63) is 59.7 Å². The molecule has 184 valence electrons. The highest BCUT2D eigenvalue weighted by molar-refractivity contribution is 5.93. The first-order valence-corrected chi connectivity index (χ1v) is 12.2. The number of nitrogens with zero attached hydrogens (tertiary/aromatic N) is 1. The minimum absolute atomic E-state index is 0.0118. The minimum Gasteiger partial charge on any atom is -0.480 e. The van der Waals surface area contributed by atoms with E-state index in [4.69, 9.17) is 4.74 Å². The van der Waals surface area contributed by atoms with Crippen molar-refractivity contribution in [2.75, 3.05) is 13.2 Å². The first-order chi connectivity index (χ1) is 16.9. The third-order valence-corrected chi connectivity index (χ3v) is 7.63. The molecule has 1 heterocycles. The van der Waals surface area contributed by atoms with Gasteiger partial charge in [0.05, 0.1) is 6.10 Å². The van der Waals surface area contributed by atoms with E-state index in [1.165, 1.54) is 4.90 Å². The third kappa shape index (κ3) is 4.27. The lowest BCUT2D eigenvalue weighted by atomic mass is 9.80. The molecule has 2 aromatic rings. The number of aliphatic carboxylic acids is 1. The van der Waals surface area contributed by atoms with E-state index in [2.05, 4.69) is 17.4 Å². The predicted molar refractivity (Wildman–Crippen MR) is 128 cm³/mol. The maximum Gasteiger partial charge on any atom is 0.408 e. The van der Waals surface area contributed by atoms with Gasteiger partial charge in [-0.2, -0.15) is 0 Å². The van der Waals surface area contributed by atoms with Gasteiger partial charge in [-0.3, -0.25) is 4.79 Å². The van der Waals surface area contributed by atoms with E-state index in [-0.39, 0.29) is 25.5 Å². The van der Waals surface area contributed by atoms with Crippen molar-refractivity contribution in [3.8, 4) is 11.1 Å². The number of ether oxygens (including phenoxy) is 1. The van der Waals surface area contributed by atoms with Gasteiger partial charge >= 0.3 is 12.1 Å². The summed E-state index contributed by atoms with van der Waals surface area (Å²) in [7, 11) is 0. The number of fused-ring (bicyclic) bond motifs is 3. The Kier molecular flexibility index (Phi) is 6.23. The van der Waals surface area contributed by atoms with E-state index in [1.54, 1.807) is 0 Å². The first-order valence-electron chi connectivity index (χ1n) is 12.2. The molecule has 0 radical (unpaired) electrons. The van der Waals surface area contributed by atoms with Crippen molar-refractivity contribution in [2.24, 2.45) is 0 Å². The fourth-order valence-electron chi connectivity index (χ4n) is 5.92. The van der Waals surface area contributed by atoms with Crippen LogP contribution in [0.5, 0.6) is 0 Å². The van der Waals surface area contributed by atoms with Crippen LogP contribution in [0.4, 0.5) is 4.79 Å². The van der Waals surface area contributed by atoms with Crippen LogP contribution in [0, 0.1) is 0 Å². The van der Waals surface area contributed by atoms with Crippen LogP contribution in [0.1, 0.15) is 55.6 Å². The van der Waals surface area contributed by atoms with Gasteiger partial charge in [-0.1, -0.05) is 67.8 Å². The average Bonchev–Trinajstić information content (AvgIpc) is 3.41. The Morgan fingerprint density at radius 3 is 2.17 bits per heavy atom. The zero-order valence-electron chi connectivity index (χ0n) is 19.5. The molecule has 2 aromatic carbocycles. The first kappa shape index (κ1) is 23.4. The molecule has 2 aliphatic carbocycles. The molecule has 35 heavy (non-hydrogen) atoms. The van der Waals surface area contributed by atoms with Crippen LogP contribution in [0.3, 0.4) is 0 Å². The summed E-state index contributed by atoms with van der Waals surface area (Å²) in [4.78, 5) is 39.5. The van der Waals surface area contributed by atoms with Gasteiger partial charge in [0.15, 0.2) is 0 Å². The second-order valence-electron chi connectivity index (χ2n) is 9.79. The maximum atomic E-state index is 13.6. The Morgan fingerprint density at radius 1 is 0.971 bits per heavy atom. The summed E-state index contributed by atoms with van der Waals surface area (Å²) in [6.07, 6.45) is 1.65. The van der Waals surface area contributed by atoms with Gasteiger partial charge in [0.2, 0.25) is 5.91 Å². The number of aliphatic hydroxyl groups excluding tert-OH is 1. The van der Waals surface area contributed by atoms with Gasteiger partial charge in [-0.25, -0.2) is 9.59 Å². The standard InChI is InChI=1S/C27H30N2O6/c30-17-14-23(24(31)32)29(15-17)25(33)27(12-6-1-7-13-27)28-26(34)35-16-22-20-10-4-2-8-18(20)19-9-3-5-11-21(19)22/h2-5,8-11,17,22-23,30H,1,6-7,12-16H2,(H,28,34)(H,31,32)/t17-,23-/m0/s1. The van der Waals surface area contributed by atoms with Crippen molar-refractivity contribution in [3.63, 3.8) is 0 Å². The van der Waals surface area contributed by atoms with Crippen molar-refractivity contribution in [1.29, 1.82) is 0 Å². The molecular formula is C27H30N2O6. The molecule has 2 atom stereocenters. The van der Waals surface area contributed by atoms with Gasteiger partial charge in [-0.15, -0.1) is 0 Å². The fraction of sp³-hybridized carbons (Fsp3) is 0.444. The fourth-order valence-corrected chi connectivity index (χ4v) is 5.92. The van der Waals surface area contributed by atoms with Crippen LogP contribution in [-0.4, -0.2) is 63.9 Å². The quantitative estimate of drug-likeness (QED) is 0.607. The van der Waals surface area contributed by atoms with E-state index in [0.29, 0.717) is 12.8 Å². The van der Waals surface area contributed by atoms with Gasteiger partial charge in [-0.05, 0) is 35.1 Å². The Bertz CT molecular complexity index is 1100. The zero-order chi connectivity index (χ0) is 24.6. The molecule has 0 aromatic heterocycles. The number of amides is 2. The zero-order valence-corrected chi connectivity index (χ0v) is 19.5. The lowest BCUT2D eigenvalue weighted by molar-refractivity contribution is -0.151. The number of nitrogens with one attached hydrogen (secondary N) is 1. The van der Waals surface area contributed by atoms with E-state index in [0.717, 1.165) is 41.5 Å². The summed E-state index contributed by atoms with van der Waals surface area (Å²) >= 11 is 0. The number of hydrogen-bond donors (Lipinski definition) is 3. The summed E-state index contributed by atoms with van der Waals surface area (Å²) in [5.74, 6) is -1.70. The summed E-state index contributed by atoms with van der Waals surface area (Å²) < 4.78 is 5.69. The topological polar surface area (TPSA) is 116 Å². The summed E-state index contributed by atoms with van der Waals surface area (Å²) in [6.45, 7) is 0.0776. The monoisotopic (exact) mass is 478 g/mol. The molecule has 0 bridgehead atoms. The van der Waals surface area contributed by atoms with Gasteiger partial charge in [0.25, 0.3) is 0 Å². The van der Waals surface area contributed by atoms with Gasteiger partial charge < -0.3 is 25.2 Å². The number of aliphatic hydroxyl groups is 1. The summed E-state index contributed by atoms with van der Waals surface area (Å²) in [5, 5.41) is 22.4. The van der Waals surface area contributed by atoms with Crippen molar-refractivity contribution >= 4 is 18.0 Å². The molecule has 2 fully saturated rings. The Labute approximate surface area is 203 Å². The number of hydrogen-bond acceptors (Lipinski definition) is 5. The number of rotatable bonds is 5. The van der Waals surface area contributed by atoms with E-state index < -0.39 is 35.7 Å². The number of benzene rings is 2. The summed E-state index contributed by atoms with van der Waals surface area (Å²) in [5.41, 5.74) is 3.23. The predicted octanol–water partition coefficient (Wildman–Crippen LogP) is 3.27. The van der Waals surface area contributed by atoms with Crippen molar-refractivity contribution in [1.82, 2.24) is 10.2 Å². The molecule has 8 heteroatoms. The normalized spacial score (nSPS) is 22.8. The highest BCUT2D eigenvalue weighted by atomic mass is 16.5. The number of likely N-dealkylation sites (tertiary alicyclic amines) is 1. The maximum absolute atomic E-state index is 13.6. The minimum atomic E-state index is -1.22.